The minimum absolute atomic E-state index is 0.194. The molecule has 1 aromatic heterocycles. The summed E-state index contributed by atoms with van der Waals surface area (Å²) in [6.07, 6.45) is 1.87. The van der Waals surface area contributed by atoms with Crippen molar-refractivity contribution in [2.24, 2.45) is 4.99 Å². The highest BCUT2D eigenvalue weighted by atomic mass is 19.1. The van der Waals surface area contributed by atoms with Crippen LogP contribution in [0.1, 0.15) is 12.5 Å². The average Bonchev–Trinajstić information content (AvgIpc) is 3.13. The van der Waals surface area contributed by atoms with Gasteiger partial charge in [-0.3, -0.25) is 4.99 Å². The van der Waals surface area contributed by atoms with Crippen LogP contribution in [0.2, 0.25) is 0 Å². The summed E-state index contributed by atoms with van der Waals surface area (Å²) in [7, 11) is 0. The fourth-order valence-corrected chi connectivity index (χ4v) is 3.43. The second-order valence-electron chi connectivity index (χ2n) is 7.06. The van der Waals surface area contributed by atoms with Gasteiger partial charge in [0.15, 0.2) is 5.96 Å². The van der Waals surface area contributed by atoms with Crippen molar-refractivity contribution < 1.29 is 4.39 Å². The molecular weight excluding hydrogens is 343 g/mol. The van der Waals surface area contributed by atoms with Gasteiger partial charge in [0.25, 0.3) is 0 Å². The lowest BCUT2D eigenvalue weighted by Gasteiger charge is -2.36. The largest absolute Gasteiger partial charge is 0.368 e. The number of pyridine rings is 1. The highest BCUT2D eigenvalue weighted by molar-refractivity contribution is 5.81. The number of nitrogens with zero attached hydrogens (tertiary/aromatic N) is 4. The molecule has 3 heterocycles. The summed E-state index contributed by atoms with van der Waals surface area (Å²) >= 11 is 0. The number of nitrogens with one attached hydrogen (secondary N) is 2. The number of halogens is 1. The number of guanidine groups is 1. The van der Waals surface area contributed by atoms with E-state index in [4.69, 9.17) is 0 Å². The van der Waals surface area contributed by atoms with Gasteiger partial charge in [0.1, 0.15) is 11.6 Å². The zero-order valence-corrected chi connectivity index (χ0v) is 15.5. The molecule has 27 heavy (non-hydrogen) atoms. The van der Waals surface area contributed by atoms with Crippen molar-refractivity contribution in [1.29, 1.82) is 0 Å². The molecule has 0 bridgehead atoms. The smallest absolute Gasteiger partial charge is 0.191 e. The molecule has 7 heteroatoms. The van der Waals surface area contributed by atoms with Gasteiger partial charge in [-0.1, -0.05) is 0 Å². The van der Waals surface area contributed by atoms with E-state index in [9.17, 15) is 4.39 Å². The molecule has 1 atom stereocenters. The number of aromatic nitrogens is 1. The second kappa shape index (κ2) is 7.82. The van der Waals surface area contributed by atoms with E-state index >= 15 is 0 Å². The molecule has 2 aliphatic rings. The van der Waals surface area contributed by atoms with Crippen LogP contribution in [0.15, 0.2) is 47.6 Å². The number of aliphatic imine (C=N–C) groups is 1. The van der Waals surface area contributed by atoms with Gasteiger partial charge in [0.05, 0.1) is 6.54 Å². The summed E-state index contributed by atoms with van der Waals surface area (Å²) in [5, 5.41) is 6.66. The Balaban J connectivity index is 1.33. The molecule has 0 amide bonds. The summed E-state index contributed by atoms with van der Waals surface area (Å²) in [6.45, 7) is 7.25. The van der Waals surface area contributed by atoms with Crippen molar-refractivity contribution in [3.63, 3.8) is 0 Å². The van der Waals surface area contributed by atoms with E-state index in [1.54, 1.807) is 0 Å². The summed E-state index contributed by atoms with van der Waals surface area (Å²) in [5.41, 5.74) is 2.26. The van der Waals surface area contributed by atoms with E-state index < -0.39 is 0 Å². The van der Waals surface area contributed by atoms with Crippen molar-refractivity contribution >= 4 is 17.5 Å². The van der Waals surface area contributed by atoms with Crippen LogP contribution >= 0.6 is 0 Å². The molecule has 1 unspecified atom stereocenters. The number of benzene rings is 1. The Kier molecular flexibility index (Phi) is 5.09. The minimum atomic E-state index is -0.194. The molecule has 2 aromatic rings. The van der Waals surface area contributed by atoms with Gasteiger partial charge >= 0.3 is 0 Å². The third-order valence-corrected chi connectivity index (χ3v) is 4.97. The molecule has 142 valence electrons. The Morgan fingerprint density at radius 1 is 1.11 bits per heavy atom. The molecule has 1 aromatic carbocycles. The number of rotatable bonds is 4. The Morgan fingerprint density at radius 2 is 1.85 bits per heavy atom. The molecule has 0 aliphatic carbocycles. The molecule has 2 N–H and O–H groups in total. The van der Waals surface area contributed by atoms with Gasteiger partial charge in [-0.25, -0.2) is 9.37 Å². The van der Waals surface area contributed by atoms with E-state index in [2.05, 4.69) is 43.4 Å². The Labute approximate surface area is 159 Å². The summed E-state index contributed by atoms with van der Waals surface area (Å²) in [4.78, 5) is 13.6. The van der Waals surface area contributed by atoms with Crippen LogP contribution in [0.25, 0.3) is 0 Å². The molecule has 1 saturated heterocycles. The van der Waals surface area contributed by atoms with Crippen molar-refractivity contribution in [1.82, 2.24) is 15.6 Å². The Bertz CT molecular complexity index is 798. The number of hydrogen-bond donors (Lipinski definition) is 2. The monoisotopic (exact) mass is 368 g/mol. The van der Waals surface area contributed by atoms with E-state index in [0.717, 1.165) is 56.7 Å². The van der Waals surface area contributed by atoms with Crippen molar-refractivity contribution in [2.75, 3.05) is 42.5 Å². The van der Waals surface area contributed by atoms with Gasteiger partial charge in [-0.15, -0.1) is 0 Å². The topological polar surface area (TPSA) is 55.8 Å². The summed E-state index contributed by atoms with van der Waals surface area (Å²) in [6, 6.07) is 11.3. The SMILES string of the molecule is CC1CN=C(NCc2ccnc(N3CCN(c4ccc(F)cc4)CC3)c2)N1. The highest BCUT2D eigenvalue weighted by Gasteiger charge is 2.19. The maximum atomic E-state index is 13.1. The van der Waals surface area contributed by atoms with Crippen molar-refractivity contribution in [3.05, 3.63) is 54.0 Å². The molecule has 0 spiro atoms. The normalized spacial score (nSPS) is 19.6. The predicted molar refractivity (Wildman–Crippen MR) is 107 cm³/mol. The zero-order valence-electron chi connectivity index (χ0n) is 15.5. The van der Waals surface area contributed by atoms with Gasteiger partial charge in [-0.2, -0.15) is 0 Å². The summed E-state index contributed by atoms with van der Waals surface area (Å²) in [5.74, 6) is 1.68. The zero-order chi connectivity index (χ0) is 18.6. The van der Waals surface area contributed by atoms with Gasteiger partial charge in [0, 0.05) is 50.6 Å². The molecule has 4 rings (SSSR count). The van der Waals surface area contributed by atoms with Crippen LogP contribution in [0.5, 0.6) is 0 Å². The van der Waals surface area contributed by atoms with Crippen LogP contribution in [0, 0.1) is 5.82 Å². The predicted octanol–water partition coefficient (Wildman–Crippen LogP) is 1.98. The van der Waals surface area contributed by atoms with E-state index in [1.165, 1.54) is 17.7 Å². The fraction of sp³-hybridized carbons (Fsp3) is 0.400. The Hall–Kier alpha value is -2.83. The van der Waals surface area contributed by atoms with Crippen molar-refractivity contribution in [2.45, 2.75) is 19.5 Å². The minimum Gasteiger partial charge on any atom is -0.368 e. The van der Waals surface area contributed by atoms with Crippen LogP contribution in [-0.2, 0) is 6.54 Å². The lowest BCUT2D eigenvalue weighted by atomic mass is 10.2. The Morgan fingerprint density at radius 3 is 2.56 bits per heavy atom. The summed E-state index contributed by atoms with van der Waals surface area (Å²) < 4.78 is 13.1. The first kappa shape index (κ1) is 17.6. The first-order valence-electron chi connectivity index (χ1n) is 9.42. The van der Waals surface area contributed by atoms with E-state index in [0.29, 0.717) is 6.04 Å². The van der Waals surface area contributed by atoms with Crippen LogP contribution < -0.4 is 20.4 Å². The molecular formula is C20H25FN6. The van der Waals surface area contributed by atoms with Gasteiger partial charge in [0.2, 0.25) is 0 Å². The quantitative estimate of drug-likeness (QED) is 0.864. The highest BCUT2D eigenvalue weighted by Crippen LogP contribution is 2.20. The molecule has 0 radical (unpaired) electrons. The fourth-order valence-electron chi connectivity index (χ4n) is 3.43. The van der Waals surface area contributed by atoms with E-state index in [1.807, 2.05) is 24.4 Å². The molecule has 6 nitrogen and oxygen atoms in total. The first-order valence-corrected chi connectivity index (χ1v) is 9.42. The van der Waals surface area contributed by atoms with Crippen LogP contribution in [0.3, 0.4) is 0 Å². The maximum absolute atomic E-state index is 13.1. The third kappa shape index (κ3) is 4.30. The lowest BCUT2D eigenvalue weighted by Crippen LogP contribution is -2.46. The van der Waals surface area contributed by atoms with Crippen molar-refractivity contribution in [3.8, 4) is 0 Å². The first-order chi connectivity index (χ1) is 13.2. The van der Waals surface area contributed by atoms with E-state index in [-0.39, 0.29) is 5.82 Å². The maximum Gasteiger partial charge on any atom is 0.191 e. The standard InChI is InChI=1S/C20H25FN6/c1-15-13-23-20(25-15)24-14-16-6-7-22-19(12-16)27-10-8-26(9-11-27)18-4-2-17(21)3-5-18/h2-7,12,15H,8-11,13-14H2,1H3,(H2,23,24,25). The van der Waals surface area contributed by atoms with Gasteiger partial charge < -0.3 is 20.4 Å². The molecule has 2 aliphatic heterocycles. The number of hydrogen-bond acceptors (Lipinski definition) is 6. The average molecular weight is 368 g/mol. The number of anilines is 2. The molecule has 0 saturated carbocycles. The molecule has 1 fully saturated rings. The van der Waals surface area contributed by atoms with Crippen LogP contribution in [0.4, 0.5) is 15.9 Å². The second-order valence-corrected chi connectivity index (χ2v) is 7.06. The number of piperazine rings is 1. The third-order valence-electron chi connectivity index (χ3n) is 4.97. The van der Waals surface area contributed by atoms with Gasteiger partial charge in [-0.05, 0) is 48.9 Å². The lowest BCUT2D eigenvalue weighted by molar-refractivity contribution is 0.624. The van der Waals surface area contributed by atoms with Crippen LogP contribution in [-0.4, -0.2) is 49.7 Å².